The summed E-state index contributed by atoms with van der Waals surface area (Å²) in [5, 5.41) is 4.44. The van der Waals surface area contributed by atoms with E-state index in [2.05, 4.69) is 10.3 Å². The van der Waals surface area contributed by atoms with E-state index in [4.69, 9.17) is 0 Å². The standard InChI is InChI=1S/C10H14F2N4O2S2/c1-2-3-13-8-9(16-4-5-19-10(16)15-8)20(17,18)14-6-7(11)12/h4-5,7,13-14H,2-3,6H2,1H3. The summed E-state index contributed by atoms with van der Waals surface area (Å²) in [5.41, 5.74) is 0. The molecule has 0 amide bonds. The van der Waals surface area contributed by atoms with Crippen molar-refractivity contribution in [2.45, 2.75) is 24.8 Å². The van der Waals surface area contributed by atoms with Gasteiger partial charge in [0.2, 0.25) is 0 Å². The number of alkyl halides is 2. The van der Waals surface area contributed by atoms with Gasteiger partial charge in [0.25, 0.3) is 16.4 Å². The smallest absolute Gasteiger partial charge is 0.260 e. The van der Waals surface area contributed by atoms with Crippen LogP contribution in [0.2, 0.25) is 0 Å². The van der Waals surface area contributed by atoms with E-state index in [0.29, 0.717) is 11.5 Å². The Kier molecular flexibility index (Phi) is 4.55. The molecule has 2 aromatic heterocycles. The zero-order valence-corrected chi connectivity index (χ0v) is 12.3. The van der Waals surface area contributed by atoms with Crippen molar-refractivity contribution in [3.63, 3.8) is 0 Å². The van der Waals surface area contributed by atoms with Gasteiger partial charge >= 0.3 is 0 Å². The van der Waals surface area contributed by atoms with Crippen molar-refractivity contribution in [2.75, 3.05) is 18.4 Å². The lowest BCUT2D eigenvalue weighted by molar-refractivity contribution is 0.153. The third-order valence-electron chi connectivity index (χ3n) is 2.44. The molecule has 0 aliphatic carbocycles. The van der Waals surface area contributed by atoms with Crippen LogP contribution in [0.25, 0.3) is 4.96 Å². The van der Waals surface area contributed by atoms with Crippen LogP contribution in [0.5, 0.6) is 0 Å². The fourth-order valence-corrected chi connectivity index (χ4v) is 3.65. The Morgan fingerprint density at radius 3 is 2.90 bits per heavy atom. The molecule has 2 N–H and O–H groups in total. The third-order valence-corrected chi connectivity index (χ3v) is 4.65. The lowest BCUT2D eigenvalue weighted by atomic mass is 10.5. The summed E-state index contributed by atoms with van der Waals surface area (Å²) in [6.45, 7) is 1.55. The topological polar surface area (TPSA) is 75.5 Å². The van der Waals surface area contributed by atoms with Gasteiger partial charge in [0.1, 0.15) is 0 Å². The minimum atomic E-state index is -4.05. The summed E-state index contributed by atoms with van der Waals surface area (Å²) in [7, 11) is -4.05. The number of sulfonamides is 1. The largest absolute Gasteiger partial charge is 0.368 e. The van der Waals surface area contributed by atoms with Crippen molar-refractivity contribution < 1.29 is 17.2 Å². The molecule has 0 aromatic carbocycles. The first-order valence-corrected chi connectivity index (χ1v) is 8.29. The number of fused-ring (bicyclic) bond motifs is 1. The monoisotopic (exact) mass is 324 g/mol. The molecule has 0 saturated heterocycles. The molecule has 0 spiro atoms. The molecule has 10 heteroatoms. The number of halogens is 2. The van der Waals surface area contributed by atoms with Gasteiger partial charge in [-0.3, -0.25) is 4.40 Å². The van der Waals surface area contributed by atoms with Gasteiger partial charge in [0.05, 0.1) is 6.54 Å². The molecule has 6 nitrogen and oxygen atoms in total. The molecule has 2 heterocycles. The maximum atomic E-state index is 12.2. The van der Waals surface area contributed by atoms with E-state index in [9.17, 15) is 17.2 Å². The second-order valence-corrected chi connectivity index (χ2v) is 6.55. The molecule has 0 atom stereocenters. The summed E-state index contributed by atoms with van der Waals surface area (Å²) >= 11 is 1.27. The molecule has 0 aliphatic heterocycles. The number of hydrogen-bond acceptors (Lipinski definition) is 5. The first kappa shape index (κ1) is 15.1. The Labute approximate surface area is 118 Å². The fourth-order valence-electron chi connectivity index (χ4n) is 1.62. The molecule has 0 bridgehead atoms. The molecule has 2 rings (SSSR count). The van der Waals surface area contributed by atoms with Gasteiger partial charge in [-0.25, -0.2) is 26.9 Å². The number of aromatic nitrogens is 2. The lowest BCUT2D eigenvalue weighted by Crippen LogP contribution is -2.30. The Morgan fingerprint density at radius 2 is 2.25 bits per heavy atom. The molecule has 0 fully saturated rings. The predicted octanol–water partition coefficient (Wildman–Crippen LogP) is 1.76. The van der Waals surface area contributed by atoms with Crippen molar-refractivity contribution in [1.29, 1.82) is 0 Å². The molecule has 20 heavy (non-hydrogen) atoms. The Balaban J connectivity index is 2.41. The second kappa shape index (κ2) is 6.02. The zero-order chi connectivity index (χ0) is 14.8. The minimum absolute atomic E-state index is 0.136. The van der Waals surface area contributed by atoms with Gasteiger partial charge in [-0.2, -0.15) is 0 Å². The summed E-state index contributed by atoms with van der Waals surface area (Å²) in [6.07, 6.45) is -0.418. The predicted molar refractivity (Wildman–Crippen MR) is 73.0 cm³/mol. The normalized spacial score (nSPS) is 12.4. The van der Waals surface area contributed by atoms with Crippen LogP contribution in [-0.4, -0.2) is 37.3 Å². The maximum Gasteiger partial charge on any atom is 0.260 e. The summed E-state index contributed by atoms with van der Waals surface area (Å²) in [5.74, 6) is 0.181. The van der Waals surface area contributed by atoms with E-state index in [1.54, 1.807) is 11.6 Å². The van der Waals surface area contributed by atoms with E-state index in [1.807, 2.05) is 11.6 Å². The van der Waals surface area contributed by atoms with Gasteiger partial charge in [-0.05, 0) is 6.42 Å². The molecular weight excluding hydrogens is 310 g/mol. The van der Waals surface area contributed by atoms with Crippen LogP contribution in [0.4, 0.5) is 14.6 Å². The highest BCUT2D eigenvalue weighted by molar-refractivity contribution is 7.89. The number of nitrogens with zero attached hydrogens (tertiary/aromatic N) is 2. The van der Waals surface area contributed by atoms with Gasteiger partial charge < -0.3 is 5.32 Å². The number of imidazole rings is 1. The first-order valence-electron chi connectivity index (χ1n) is 5.93. The molecule has 0 aliphatic rings. The highest BCUT2D eigenvalue weighted by atomic mass is 32.2. The summed E-state index contributed by atoms with van der Waals surface area (Å²) in [6, 6.07) is 0. The van der Waals surface area contributed by atoms with Crippen molar-refractivity contribution in [3.05, 3.63) is 11.6 Å². The molecule has 0 radical (unpaired) electrons. The van der Waals surface area contributed by atoms with Gasteiger partial charge in [0.15, 0.2) is 15.8 Å². The van der Waals surface area contributed by atoms with Crippen LogP contribution < -0.4 is 10.0 Å². The van der Waals surface area contributed by atoms with Crippen LogP contribution in [0.15, 0.2) is 16.6 Å². The van der Waals surface area contributed by atoms with Gasteiger partial charge in [-0.1, -0.05) is 6.92 Å². The van der Waals surface area contributed by atoms with Crippen LogP contribution in [0.1, 0.15) is 13.3 Å². The maximum absolute atomic E-state index is 12.2. The van der Waals surface area contributed by atoms with Crippen LogP contribution >= 0.6 is 11.3 Å². The van der Waals surface area contributed by atoms with Crippen molar-refractivity contribution in [1.82, 2.24) is 14.1 Å². The molecular formula is C10H14F2N4O2S2. The average Bonchev–Trinajstić information content (AvgIpc) is 2.93. The van der Waals surface area contributed by atoms with E-state index in [0.717, 1.165) is 6.42 Å². The second-order valence-electron chi connectivity index (χ2n) is 3.99. The lowest BCUT2D eigenvalue weighted by Gasteiger charge is -2.08. The molecule has 0 saturated carbocycles. The van der Waals surface area contributed by atoms with Crippen molar-refractivity contribution in [3.8, 4) is 0 Å². The average molecular weight is 324 g/mol. The van der Waals surface area contributed by atoms with Crippen molar-refractivity contribution in [2.24, 2.45) is 0 Å². The number of rotatable bonds is 7. The number of nitrogens with one attached hydrogen (secondary N) is 2. The SMILES string of the molecule is CCCNc1nc2sccn2c1S(=O)(=O)NCC(F)F. The van der Waals surface area contributed by atoms with E-state index < -0.39 is 23.0 Å². The highest BCUT2D eigenvalue weighted by Crippen LogP contribution is 2.25. The van der Waals surface area contributed by atoms with Gasteiger partial charge in [0, 0.05) is 18.1 Å². The number of hydrogen-bond donors (Lipinski definition) is 2. The van der Waals surface area contributed by atoms with Gasteiger partial charge in [-0.15, -0.1) is 11.3 Å². The van der Waals surface area contributed by atoms with E-state index >= 15 is 0 Å². The summed E-state index contributed by atoms with van der Waals surface area (Å²) < 4.78 is 52.0. The van der Waals surface area contributed by atoms with Crippen molar-refractivity contribution >= 4 is 32.1 Å². The first-order chi connectivity index (χ1) is 9.45. The number of thiazole rings is 1. The van der Waals surface area contributed by atoms with E-state index in [-0.39, 0.29) is 10.8 Å². The summed E-state index contributed by atoms with van der Waals surface area (Å²) in [4.78, 5) is 4.65. The molecule has 0 unspecified atom stereocenters. The van der Waals surface area contributed by atoms with Crippen LogP contribution in [-0.2, 0) is 10.0 Å². The van der Waals surface area contributed by atoms with Crippen LogP contribution in [0.3, 0.4) is 0 Å². The highest BCUT2D eigenvalue weighted by Gasteiger charge is 2.26. The molecule has 2 aromatic rings. The Bertz CT molecular complexity index is 681. The van der Waals surface area contributed by atoms with E-state index in [1.165, 1.54) is 15.7 Å². The number of anilines is 1. The Hall–Kier alpha value is -1.26. The van der Waals surface area contributed by atoms with Crippen LogP contribution in [0, 0.1) is 0 Å². The minimum Gasteiger partial charge on any atom is -0.368 e. The molecule has 112 valence electrons. The quantitative estimate of drug-likeness (QED) is 0.814. The zero-order valence-electron chi connectivity index (χ0n) is 10.6. The Morgan fingerprint density at radius 1 is 1.50 bits per heavy atom. The fraction of sp³-hybridized carbons (Fsp3) is 0.500. The third kappa shape index (κ3) is 3.07.